The van der Waals surface area contributed by atoms with E-state index in [4.69, 9.17) is 4.74 Å². The van der Waals surface area contributed by atoms with Crippen LogP contribution in [0.4, 0.5) is 0 Å². The van der Waals surface area contributed by atoms with Gasteiger partial charge < -0.3 is 25.1 Å². The van der Waals surface area contributed by atoms with E-state index >= 15 is 0 Å². The number of aliphatic hydroxyl groups is 1. The van der Waals surface area contributed by atoms with Crippen LogP contribution in [0.2, 0.25) is 0 Å². The van der Waals surface area contributed by atoms with Crippen LogP contribution in [-0.4, -0.2) is 48.2 Å². The van der Waals surface area contributed by atoms with Crippen LogP contribution in [0.5, 0.6) is 0 Å². The number of hydrogen-bond donors (Lipinski definition) is 2. The van der Waals surface area contributed by atoms with Gasteiger partial charge in [0.15, 0.2) is 0 Å². The number of aliphatic hydroxyl groups excluding tert-OH is 1. The Morgan fingerprint density at radius 3 is 2.83 bits per heavy atom. The average Bonchev–Trinajstić information content (AvgIpc) is 2.66. The smallest absolute Gasteiger partial charge is 0.238 e. The van der Waals surface area contributed by atoms with Gasteiger partial charge in [-0.25, -0.2) is 0 Å². The molecule has 0 saturated carbocycles. The molecule has 18 heavy (non-hydrogen) atoms. The predicted molar refractivity (Wildman–Crippen MR) is 76.2 cm³/mol. The van der Waals surface area contributed by atoms with E-state index in [1.807, 2.05) is 27.8 Å². The second-order valence-electron chi connectivity index (χ2n) is 4.54. The fourth-order valence-corrected chi connectivity index (χ4v) is 2.90. The molecule has 0 radical (unpaired) electrons. The molecule has 0 spiro atoms. The largest absolute Gasteiger partial charge is 0.374 e. The normalized spacial score (nSPS) is 21.1. The van der Waals surface area contributed by atoms with Crippen molar-refractivity contribution in [2.75, 3.05) is 13.6 Å². The van der Waals surface area contributed by atoms with Crippen molar-refractivity contribution in [3.63, 3.8) is 0 Å². The number of nitrogens with zero attached hydrogens (tertiary/aromatic N) is 2. The van der Waals surface area contributed by atoms with Crippen molar-refractivity contribution < 1.29 is 9.84 Å². The number of aliphatic imine (C=N–C) groups is 1. The predicted octanol–water partition coefficient (Wildman–Crippen LogP) is 1.56. The van der Waals surface area contributed by atoms with Crippen LogP contribution in [-0.2, 0) is 4.74 Å². The molecule has 1 heterocycles. The van der Waals surface area contributed by atoms with Gasteiger partial charge in [0.1, 0.15) is 0 Å². The van der Waals surface area contributed by atoms with Crippen LogP contribution in [0.15, 0.2) is 15.7 Å². The first kappa shape index (κ1) is 15.3. The summed E-state index contributed by atoms with van der Waals surface area (Å²) in [4.78, 5) is 5.60. The lowest BCUT2D eigenvalue weighted by Gasteiger charge is -2.27. The molecule has 0 bridgehead atoms. The zero-order valence-corrected chi connectivity index (χ0v) is 12.3. The van der Waals surface area contributed by atoms with Gasteiger partial charge in [0.25, 0.3) is 0 Å². The van der Waals surface area contributed by atoms with Crippen LogP contribution in [0.3, 0.4) is 0 Å². The van der Waals surface area contributed by atoms with Gasteiger partial charge in [-0.1, -0.05) is 11.8 Å². The Hall–Kier alpha value is -0.720. The molecule has 0 aromatic carbocycles. The molecule has 2 atom stereocenters. The summed E-state index contributed by atoms with van der Waals surface area (Å²) in [5, 5.41) is 14.6. The Kier molecular flexibility index (Phi) is 5.98. The minimum atomic E-state index is -0.916. The Morgan fingerprint density at radius 2 is 2.28 bits per heavy atom. The van der Waals surface area contributed by atoms with E-state index in [0.29, 0.717) is 5.37 Å². The molecular formula is C12H23N3O2S. The Labute approximate surface area is 113 Å². The highest BCUT2D eigenvalue weighted by Gasteiger charge is 2.27. The van der Waals surface area contributed by atoms with Gasteiger partial charge in [0, 0.05) is 19.3 Å². The molecule has 0 amide bonds. The molecule has 1 rings (SSSR count). The van der Waals surface area contributed by atoms with Gasteiger partial charge in [0.05, 0.1) is 16.5 Å². The molecule has 1 aliphatic rings. The quantitative estimate of drug-likeness (QED) is 0.544. The summed E-state index contributed by atoms with van der Waals surface area (Å²) in [6.07, 6.45) is -0.00623. The van der Waals surface area contributed by atoms with Gasteiger partial charge in [-0.05, 0) is 33.9 Å². The number of rotatable bonds is 7. The zero-order chi connectivity index (χ0) is 13.7. The highest BCUT2D eigenvalue weighted by atomic mass is 32.2. The van der Waals surface area contributed by atoms with Gasteiger partial charge in [0.2, 0.25) is 6.41 Å². The summed E-state index contributed by atoms with van der Waals surface area (Å²) >= 11 is 1.69. The lowest BCUT2D eigenvalue weighted by atomic mass is 10.4. The van der Waals surface area contributed by atoms with E-state index in [2.05, 4.69) is 17.0 Å². The average molecular weight is 273 g/mol. The third-order valence-corrected chi connectivity index (χ3v) is 4.00. The molecule has 0 saturated heterocycles. The second-order valence-corrected chi connectivity index (χ2v) is 5.73. The van der Waals surface area contributed by atoms with Crippen molar-refractivity contribution >= 4 is 18.5 Å². The first-order chi connectivity index (χ1) is 8.45. The van der Waals surface area contributed by atoms with Crippen LogP contribution >= 0.6 is 11.8 Å². The molecule has 104 valence electrons. The third-order valence-electron chi connectivity index (χ3n) is 2.55. The molecule has 0 fully saturated rings. The summed E-state index contributed by atoms with van der Waals surface area (Å²) in [6.45, 7) is 10.0. The molecular weight excluding hydrogens is 250 g/mol. The number of hydrogen-bond acceptors (Lipinski definition) is 6. The Bertz CT molecular complexity index is 320. The highest BCUT2D eigenvalue weighted by molar-refractivity contribution is 8.03. The first-order valence-corrected chi connectivity index (χ1v) is 6.96. The molecule has 0 aliphatic carbocycles. The van der Waals surface area contributed by atoms with Crippen molar-refractivity contribution in [2.45, 2.75) is 45.1 Å². The number of ether oxygens (including phenoxy) is 1. The van der Waals surface area contributed by atoms with Crippen LogP contribution < -0.4 is 5.32 Å². The standard InChI is InChI=1S/C12H23N3O2S/c1-8(2)17-12(16)15(5)11-9(3)14-10(18-11)6-7-13-4/h8,10,12,14,16H,4,6-7H2,1-3,5H3. The lowest BCUT2D eigenvalue weighted by molar-refractivity contribution is -0.190. The van der Waals surface area contributed by atoms with Crippen molar-refractivity contribution in [1.82, 2.24) is 10.2 Å². The maximum atomic E-state index is 9.93. The Morgan fingerprint density at radius 1 is 1.61 bits per heavy atom. The van der Waals surface area contributed by atoms with Crippen molar-refractivity contribution in [3.05, 3.63) is 10.7 Å². The highest BCUT2D eigenvalue weighted by Crippen LogP contribution is 2.34. The van der Waals surface area contributed by atoms with E-state index in [9.17, 15) is 5.11 Å². The fraction of sp³-hybridized carbons (Fsp3) is 0.750. The number of nitrogens with one attached hydrogen (secondary N) is 1. The lowest BCUT2D eigenvalue weighted by Crippen LogP contribution is -2.34. The zero-order valence-electron chi connectivity index (χ0n) is 11.5. The summed E-state index contributed by atoms with van der Waals surface area (Å²) in [5.74, 6) is 0. The summed E-state index contributed by atoms with van der Waals surface area (Å²) < 4.78 is 5.37. The van der Waals surface area contributed by atoms with E-state index < -0.39 is 6.41 Å². The van der Waals surface area contributed by atoms with Crippen LogP contribution in [0, 0.1) is 0 Å². The molecule has 6 heteroatoms. The van der Waals surface area contributed by atoms with Crippen molar-refractivity contribution in [3.8, 4) is 0 Å². The summed E-state index contributed by atoms with van der Waals surface area (Å²) in [5.41, 5.74) is 1.06. The summed E-state index contributed by atoms with van der Waals surface area (Å²) in [6, 6.07) is 0. The van der Waals surface area contributed by atoms with Gasteiger partial charge in [-0.15, -0.1) is 0 Å². The van der Waals surface area contributed by atoms with E-state index in [0.717, 1.165) is 23.7 Å². The van der Waals surface area contributed by atoms with Gasteiger partial charge in [-0.2, -0.15) is 0 Å². The number of thioether (sulfide) groups is 1. The number of allylic oxidation sites excluding steroid dienone is 1. The van der Waals surface area contributed by atoms with Crippen LogP contribution in [0.25, 0.3) is 0 Å². The minimum Gasteiger partial charge on any atom is -0.374 e. The van der Waals surface area contributed by atoms with Crippen LogP contribution in [0.1, 0.15) is 27.2 Å². The van der Waals surface area contributed by atoms with E-state index in [1.165, 1.54) is 0 Å². The third kappa shape index (κ3) is 4.19. The topological polar surface area (TPSA) is 57.1 Å². The molecule has 2 unspecified atom stereocenters. The first-order valence-electron chi connectivity index (χ1n) is 6.08. The van der Waals surface area contributed by atoms with E-state index in [1.54, 1.807) is 16.7 Å². The minimum absolute atomic E-state index is 0.0107. The summed E-state index contributed by atoms with van der Waals surface area (Å²) in [7, 11) is 1.83. The SMILES string of the molecule is C=NCCC1NC(C)=C(N(C)C(O)OC(C)C)S1. The van der Waals surface area contributed by atoms with Gasteiger partial charge in [-0.3, -0.25) is 0 Å². The maximum absolute atomic E-state index is 9.93. The second kappa shape index (κ2) is 7.01. The molecule has 2 N–H and O–H groups in total. The maximum Gasteiger partial charge on any atom is 0.238 e. The fourth-order valence-electron chi connectivity index (χ4n) is 1.68. The van der Waals surface area contributed by atoms with Gasteiger partial charge >= 0.3 is 0 Å². The molecule has 1 aliphatic heterocycles. The van der Waals surface area contributed by atoms with Crippen molar-refractivity contribution in [2.24, 2.45) is 4.99 Å². The van der Waals surface area contributed by atoms with Crippen molar-refractivity contribution in [1.29, 1.82) is 0 Å². The molecule has 0 aromatic rings. The monoisotopic (exact) mass is 273 g/mol. The Balaban J connectivity index is 2.55. The molecule has 5 nitrogen and oxygen atoms in total. The van der Waals surface area contributed by atoms with E-state index in [-0.39, 0.29) is 6.10 Å². The molecule has 0 aromatic heterocycles.